The number of carbonyl (C=O) groups is 1. The lowest BCUT2D eigenvalue weighted by Crippen LogP contribution is -2.44. The third-order valence-corrected chi connectivity index (χ3v) is 9.34. The molecule has 4 nitrogen and oxygen atoms in total. The standard InChI is InChI=1S/C17H29NO3SSi/c1-8-20-16(19)11-15(21-23(6,7)17(3,4)5)10-9-14-12-22-13(2)18-14/h9-10,12,15H,8,11H2,1-7H3. The fourth-order valence-electron chi connectivity index (χ4n) is 1.75. The number of nitrogens with zero attached hydrogens (tertiary/aromatic N) is 1. The number of hydrogen-bond acceptors (Lipinski definition) is 5. The minimum atomic E-state index is -1.97. The van der Waals surface area contributed by atoms with Gasteiger partial charge in [-0.25, -0.2) is 4.98 Å². The van der Waals surface area contributed by atoms with Crippen molar-refractivity contribution in [3.8, 4) is 0 Å². The lowest BCUT2D eigenvalue weighted by atomic mass is 10.2. The average Bonchev–Trinajstić information content (AvgIpc) is 2.80. The quantitative estimate of drug-likeness (QED) is 0.520. The number of esters is 1. The molecule has 0 fully saturated rings. The summed E-state index contributed by atoms with van der Waals surface area (Å²) >= 11 is 1.61. The second-order valence-electron chi connectivity index (χ2n) is 7.08. The van der Waals surface area contributed by atoms with E-state index in [4.69, 9.17) is 9.16 Å². The molecule has 1 rings (SSSR count). The molecule has 0 N–H and O–H groups in total. The number of aryl methyl sites for hydroxylation is 1. The highest BCUT2D eigenvalue weighted by molar-refractivity contribution is 7.09. The van der Waals surface area contributed by atoms with Crippen LogP contribution in [0.2, 0.25) is 18.1 Å². The molecule has 1 aromatic rings. The first-order valence-electron chi connectivity index (χ1n) is 7.99. The van der Waals surface area contributed by atoms with Crippen LogP contribution in [-0.2, 0) is 14.0 Å². The van der Waals surface area contributed by atoms with Crippen LogP contribution >= 0.6 is 11.3 Å². The Labute approximate surface area is 145 Å². The molecule has 0 aromatic carbocycles. The van der Waals surface area contributed by atoms with Gasteiger partial charge in [0, 0.05) is 5.38 Å². The molecule has 0 aliphatic heterocycles. The van der Waals surface area contributed by atoms with Gasteiger partial charge in [0.25, 0.3) is 0 Å². The maximum Gasteiger partial charge on any atom is 0.308 e. The predicted octanol–water partition coefficient (Wildman–Crippen LogP) is 4.81. The van der Waals surface area contributed by atoms with Gasteiger partial charge >= 0.3 is 5.97 Å². The minimum absolute atomic E-state index is 0.0883. The summed E-state index contributed by atoms with van der Waals surface area (Å²) in [6, 6.07) is 0. The average molecular weight is 356 g/mol. The molecule has 0 saturated heterocycles. The van der Waals surface area contributed by atoms with Crippen molar-refractivity contribution in [1.29, 1.82) is 0 Å². The van der Waals surface area contributed by atoms with Crippen molar-refractivity contribution in [2.75, 3.05) is 6.61 Å². The van der Waals surface area contributed by atoms with Gasteiger partial charge < -0.3 is 9.16 Å². The van der Waals surface area contributed by atoms with E-state index in [1.54, 1.807) is 11.3 Å². The molecule has 1 atom stereocenters. The lowest BCUT2D eigenvalue weighted by Gasteiger charge is -2.38. The fourth-order valence-corrected chi connectivity index (χ4v) is 3.60. The summed E-state index contributed by atoms with van der Waals surface area (Å²) in [4.78, 5) is 16.3. The van der Waals surface area contributed by atoms with Crippen molar-refractivity contribution in [3.63, 3.8) is 0 Å². The van der Waals surface area contributed by atoms with E-state index in [1.165, 1.54) is 0 Å². The van der Waals surface area contributed by atoms with Gasteiger partial charge in [-0.15, -0.1) is 11.3 Å². The van der Waals surface area contributed by atoms with Crippen LogP contribution in [0.1, 0.15) is 44.8 Å². The monoisotopic (exact) mass is 355 g/mol. The molecule has 130 valence electrons. The summed E-state index contributed by atoms with van der Waals surface area (Å²) in [7, 11) is -1.97. The fraction of sp³-hybridized carbons (Fsp3) is 0.647. The molecule has 0 aliphatic rings. The molecular formula is C17H29NO3SSi. The first-order valence-corrected chi connectivity index (χ1v) is 11.8. The van der Waals surface area contributed by atoms with Crippen LogP contribution in [-0.4, -0.2) is 32.0 Å². The van der Waals surface area contributed by atoms with Crippen molar-refractivity contribution < 1.29 is 14.0 Å². The van der Waals surface area contributed by atoms with E-state index in [0.717, 1.165) is 10.7 Å². The second-order valence-corrected chi connectivity index (χ2v) is 12.9. The third-order valence-electron chi connectivity index (χ3n) is 4.04. The Hall–Kier alpha value is -0.983. The van der Waals surface area contributed by atoms with Crippen LogP contribution in [0.15, 0.2) is 11.5 Å². The molecule has 0 spiro atoms. The second kappa shape index (κ2) is 8.21. The molecule has 1 heterocycles. The summed E-state index contributed by atoms with van der Waals surface area (Å²) in [5.74, 6) is -0.227. The highest BCUT2D eigenvalue weighted by atomic mass is 32.1. The molecule has 1 unspecified atom stereocenters. The Morgan fingerprint density at radius 1 is 1.43 bits per heavy atom. The van der Waals surface area contributed by atoms with Gasteiger partial charge in [0.2, 0.25) is 0 Å². The van der Waals surface area contributed by atoms with Gasteiger partial charge in [-0.05, 0) is 38.1 Å². The number of ether oxygens (including phenoxy) is 1. The summed E-state index contributed by atoms with van der Waals surface area (Å²) in [5, 5.41) is 3.11. The van der Waals surface area contributed by atoms with Crippen molar-refractivity contribution in [2.24, 2.45) is 0 Å². The van der Waals surface area contributed by atoms with Crippen LogP contribution in [0.3, 0.4) is 0 Å². The molecule has 0 bridgehead atoms. The van der Waals surface area contributed by atoms with Gasteiger partial charge in [0.15, 0.2) is 8.32 Å². The highest BCUT2D eigenvalue weighted by Crippen LogP contribution is 2.37. The molecule has 6 heteroatoms. The number of aromatic nitrogens is 1. The first kappa shape index (κ1) is 20.1. The smallest absolute Gasteiger partial charge is 0.308 e. The summed E-state index contributed by atoms with van der Waals surface area (Å²) < 4.78 is 11.5. The number of carbonyl (C=O) groups excluding carboxylic acids is 1. The third kappa shape index (κ3) is 6.57. The Kier molecular flexibility index (Phi) is 7.17. The molecule has 0 radical (unpaired) electrons. The Bertz CT molecular complexity index is 546. The van der Waals surface area contributed by atoms with E-state index in [-0.39, 0.29) is 23.5 Å². The van der Waals surface area contributed by atoms with Gasteiger partial charge in [-0.1, -0.05) is 26.8 Å². The van der Waals surface area contributed by atoms with Crippen LogP contribution in [0.25, 0.3) is 6.08 Å². The molecule has 0 amide bonds. The van der Waals surface area contributed by atoms with E-state index in [0.29, 0.717) is 6.61 Å². The lowest BCUT2D eigenvalue weighted by molar-refractivity contribution is -0.144. The highest BCUT2D eigenvalue weighted by Gasteiger charge is 2.39. The van der Waals surface area contributed by atoms with E-state index < -0.39 is 8.32 Å². The number of hydrogen-bond donors (Lipinski definition) is 0. The van der Waals surface area contributed by atoms with Gasteiger partial charge in [0.1, 0.15) is 0 Å². The minimum Gasteiger partial charge on any atom is -0.466 e. The zero-order valence-corrected chi connectivity index (χ0v) is 17.1. The van der Waals surface area contributed by atoms with Crippen molar-refractivity contribution in [1.82, 2.24) is 4.98 Å². The van der Waals surface area contributed by atoms with Gasteiger partial charge in [-0.2, -0.15) is 0 Å². The molecule has 1 aromatic heterocycles. The molecule has 0 aliphatic carbocycles. The first-order chi connectivity index (χ1) is 10.5. The van der Waals surface area contributed by atoms with Crippen LogP contribution < -0.4 is 0 Å². The largest absolute Gasteiger partial charge is 0.466 e. The zero-order chi connectivity index (χ0) is 17.7. The summed E-state index contributed by atoms with van der Waals surface area (Å²) in [6.07, 6.45) is 3.82. The van der Waals surface area contributed by atoms with E-state index >= 15 is 0 Å². The van der Waals surface area contributed by atoms with E-state index in [2.05, 4.69) is 38.8 Å². The zero-order valence-electron chi connectivity index (χ0n) is 15.3. The topological polar surface area (TPSA) is 48.4 Å². The Balaban J connectivity index is 2.88. The van der Waals surface area contributed by atoms with Gasteiger partial charge in [0.05, 0.1) is 29.8 Å². The maximum absolute atomic E-state index is 11.9. The van der Waals surface area contributed by atoms with E-state index in [9.17, 15) is 4.79 Å². The molecule has 0 saturated carbocycles. The van der Waals surface area contributed by atoms with Crippen molar-refractivity contribution in [2.45, 2.75) is 65.3 Å². The summed E-state index contributed by atoms with van der Waals surface area (Å²) in [6.45, 7) is 15.1. The predicted molar refractivity (Wildman–Crippen MR) is 99.2 cm³/mol. The summed E-state index contributed by atoms with van der Waals surface area (Å²) in [5.41, 5.74) is 0.903. The SMILES string of the molecule is CCOC(=O)CC(C=Cc1csc(C)n1)O[Si](C)(C)C(C)(C)C. The number of rotatable bonds is 7. The molecular weight excluding hydrogens is 326 g/mol. The maximum atomic E-state index is 11.9. The van der Waals surface area contributed by atoms with E-state index in [1.807, 2.05) is 31.4 Å². The van der Waals surface area contributed by atoms with Crippen LogP contribution in [0.5, 0.6) is 0 Å². The normalized spacial score (nSPS) is 14.2. The van der Waals surface area contributed by atoms with Gasteiger partial charge in [-0.3, -0.25) is 4.79 Å². The number of thiazole rings is 1. The van der Waals surface area contributed by atoms with Crippen LogP contribution in [0, 0.1) is 6.92 Å². The molecule has 23 heavy (non-hydrogen) atoms. The van der Waals surface area contributed by atoms with Crippen molar-refractivity contribution in [3.05, 3.63) is 22.2 Å². The Morgan fingerprint density at radius 3 is 2.57 bits per heavy atom. The van der Waals surface area contributed by atoms with Crippen LogP contribution in [0.4, 0.5) is 0 Å². The Morgan fingerprint density at radius 2 is 2.09 bits per heavy atom. The van der Waals surface area contributed by atoms with Crippen molar-refractivity contribution >= 4 is 31.7 Å².